The zero-order valence-corrected chi connectivity index (χ0v) is 18.1. The molecule has 0 aliphatic carbocycles. The molecule has 1 atom stereocenters. The maximum absolute atomic E-state index is 13.1. The third-order valence-electron chi connectivity index (χ3n) is 4.64. The van der Waals surface area contributed by atoms with Crippen LogP contribution >= 0.6 is 0 Å². The van der Waals surface area contributed by atoms with Gasteiger partial charge in [-0.15, -0.1) is 0 Å². The summed E-state index contributed by atoms with van der Waals surface area (Å²) in [6.07, 6.45) is 1.20. The van der Waals surface area contributed by atoms with Gasteiger partial charge in [0.1, 0.15) is 16.5 Å². The molecule has 0 heterocycles. The van der Waals surface area contributed by atoms with Crippen LogP contribution < -0.4 is 4.18 Å². The highest BCUT2D eigenvalue weighted by Gasteiger charge is 2.23. The van der Waals surface area contributed by atoms with Crippen molar-refractivity contribution >= 4 is 16.0 Å². The van der Waals surface area contributed by atoms with E-state index in [1.54, 1.807) is 29.2 Å². The van der Waals surface area contributed by atoms with Gasteiger partial charge in [0, 0.05) is 24.6 Å². The van der Waals surface area contributed by atoms with E-state index in [9.17, 15) is 17.6 Å². The Hall–Kier alpha value is -2.41. The van der Waals surface area contributed by atoms with Crippen LogP contribution in [0.1, 0.15) is 46.1 Å². The van der Waals surface area contributed by atoms with Crippen molar-refractivity contribution in [3.05, 3.63) is 59.9 Å². The van der Waals surface area contributed by atoms with Crippen molar-refractivity contribution in [1.82, 2.24) is 4.90 Å². The summed E-state index contributed by atoms with van der Waals surface area (Å²) in [5.74, 6) is -0.135. The molecule has 0 unspecified atom stereocenters. The van der Waals surface area contributed by atoms with Gasteiger partial charge in [-0.2, -0.15) is 8.42 Å². The van der Waals surface area contributed by atoms with Crippen molar-refractivity contribution in [1.29, 1.82) is 0 Å². The highest BCUT2D eigenvalue weighted by Crippen LogP contribution is 2.26. The fourth-order valence-corrected chi connectivity index (χ4v) is 3.81. The van der Waals surface area contributed by atoms with Crippen LogP contribution in [-0.2, 0) is 21.5 Å². The number of amides is 1. The standard InChI is InChI=1S/C22H28FNO4S/c1-5-17(4)24(22(25)14-16(2)3)15-18-8-6-7-9-21(18)28-29(26,27)20-12-10-19(23)11-13-20/h6-13,16-17H,5,14-15H2,1-4H3/t17-/m1/s1. The summed E-state index contributed by atoms with van der Waals surface area (Å²) in [7, 11) is -4.12. The molecule has 0 saturated carbocycles. The van der Waals surface area contributed by atoms with Crippen molar-refractivity contribution in [2.45, 2.75) is 58.0 Å². The molecule has 0 radical (unpaired) electrons. The SMILES string of the molecule is CC[C@@H](C)N(Cc1ccccc1OS(=O)(=O)c1ccc(F)cc1)C(=O)CC(C)C. The third-order valence-corrected chi connectivity index (χ3v) is 5.89. The Bertz CT molecular complexity index is 926. The number of nitrogens with zero attached hydrogens (tertiary/aromatic N) is 1. The minimum atomic E-state index is -4.12. The first-order chi connectivity index (χ1) is 13.6. The van der Waals surface area contributed by atoms with E-state index in [0.717, 1.165) is 30.7 Å². The molecule has 1 amide bonds. The average molecular weight is 422 g/mol. The lowest BCUT2D eigenvalue weighted by Gasteiger charge is -2.30. The van der Waals surface area contributed by atoms with E-state index in [1.807, 2.05) is 27.7 Å². The summed E-state index contributed by atoms with van der Waals surface area (Å²) in [5.41, 5.74) is 0.593. The minimum absolute atomic E-state index is 0.00279. The zero-order valence-electron chi connectivity index (χ0n) is 17.3. The Kier molecular flexibility index (Phi) is 7.79. The van der Waals surface area contributed by atoms with E-state index in [-0.39, 0.29) is 35.1 Å². The second-order valence-electron chi connectivity index (χ2n) is 7.48. The van der Waals surface area contributed by atoms with E-state index >= 15 is 0 Å². The van der Waals surface area contributed by atoms with Crippen LogP contribution in [-0.4, -0.2) is 25.3 Å². The molecule has 158 valence electrons. The lowest BCUT2D eigenvalue weighted by atomic mass is 10.1. The van der Waals surface area contributed by atoms with E-state index in [1.165, 1.54) is 0 Å². The molecular formula is C22H28FNO4S. The number of halogens is 1. The number of benzene rings is 2. The molecule has 0 fully saturated rings. The highest BCUT2D eigenvalue weighted by molar-refractivity contribution is 7.87. The lowest BCUT2D eigenvalue weighted by Crippen LogP contribution is -2.38. The van der Waals surface area contributed by atoms with Gasteiger partial charge in [-0.25, -0.2) is 4.39 Å². The van der Waals surface area contributed by atoms with Crippen LogP contribution in [0.3, 0.4) is 0 Å². The maximum Gasteiger partial charge on any atom is 0.339 e. The van der Waals surface area contributed by atoms with Crippen molar-refractivity contribution in [3.63, 3.8) is 0 Å². The largest absolute Gasteiger partial charge is 0.379 e. The first kappa shape index (κ1) is 22.9. The quantitative estimate of drug-likeness (QED) is 0.547. The van der Waals surface area contributed by atoms with Crippen molar-refractivity contribution in [3.8, 4) is 5.75 Å². The minimum Gasteiger partial charge on any atom is -0.379 e. The van der Waals surface area contributed by atoms with Crippen LogP contribution in [0.25, 0.3) is 0 Å². The average Bonchev–Trinajstić information content (AvgIpc) is 2.66. The summed E-state index contributed by atoms with van der Waals surface area (Å²) in [6, 6.07) is 11.2. The molecule has 0 aliphatic rings. The Morgan fingerprint density at radius 2 is 1.69 bits per heavy atom. The zero-order chi connectivity index (χ0) is 21.6. The molecule has 0 spiro atoms. The summed E-state index contributed by atoms with van der Waals surface area (Å²) in [4.78, 5) is 14.4. The van der Waals surface area contributed by atoms with Gasteiger partial charge in [-0.1, -0.05) is 39.0 Å². The van der Waals surface area contributed by atoms with Crippen molar-refractivity contribution in [2.75, 3.05) is 0 Å². The smallest absolute Gasteiger partial charge is 0.339 e. The van der Waals surface area contributed by atoms with Gasteiger partial charge >= 0.3 is 10.1 Å². The molecule has 2 aromatic rings. The van der Waals surface area contributed by atoms with Gasteiger partial charge in [-0.3, -0.25) is 4.79 Å². The van der Waals surface area contributed by atoms with Crippen molar-refractivity contribution in [2.24, 2.45) is 5.92 Å². The van der Waals surface area contributed by atoms with E-state index < -0.39 is 15.9 Å². The van der Waals surface area contributed by atoms with Crippen LogP contribution in [0.4, 0.5) is 4.39 Å². The molecule has 0 saturated heterocycles. The summed E-state index contributed by atoms with van der Waals surface area (Å²) >= 11 is 0. The Labute approximate surface area is 172 Å². The second-order valence-corrected chi connectivity index (χ2v) is 9.02. The number of rotatable bonds is 9. The number of para-hydroxylation sites is 1. The van der Waals surface area contributed by atoms with Gasteiger partial charge in [0.25, 0.3) is 0 Å². The highest BCUT2D eigenvalue weighted by atomic mass is 32.2. The summed E-state index contributed by atoms with van der Waals surface area (Å²) in [6.45, 7) is 8.19. The molecule has 2 aromatic carbocycles. The second kappa shape index (κ2) is 9.87. The molecule has 7 heteroatoms. The molecule has 0 bridgehead atoms. The van der Waals surface area contributed by atoms with Gasteiger partial charge in [0.15, 0.2) is 0 Å². The third kappa shape index (κ3) is 6.29. The van der Waals surface area contributed by atoms with Crippen molar-refractivity contribution < 1.29 is 21.8 Å². The first-order valence-electron chi connectivity index (χ1n) is 9.71. The summed E-state index contributed by atoms with van der Waals surface area (Å²) < 4.78 is 43.6. The Morgan fingerprint density at radius 3 is 2.28 bits per heavy atom. The van der Waals surface area contributed by atoms with Crippen LogP contribution in [0, 0.1) is 11.7 Å². The fourth-order valence-electron chi connectivity index (χ4n) is 2.84. The number of hydrogen-bond acceptors (Lipinski definition) is 4. The van der Waals surface area contributed by atoms with Crippen LogP contribution in [0.15, 0.2) is 53.4 Å². The monoisotopic (exact) mass is 421 g/mol. The molecule has 5 nitrogen and oxygen atoms in total. The lowest BCUT2D eigenvalue weighted by molar-refractivity contribution is -0.134. The Balaban J connectivity index is 2.31. The molecule has 2 rings (SSSR count). The van der Waals surface area contributed by atoms with E-state index in [2.05, 4.69) is 0 Å². The maximum atomic E-state index is 13.1. The predicted molar refractivity (Wildman–Crippen MR) is 110 cm³/mol. The van der Waals surface area contributed by atoms with Crippen LogP contribution in [0.2, 0.25) is 0 Å². The van der Waals surface area contributed by atoms with Gasteiger partial charge in [-0.05, 0) is 49.6 Å². The van der Waals surface area contributed by atoms with Gasteiger partial charge in [0.05, 0.1) is 0 Å². The fraction of sp³-hybridized carbons (Fsp3) is 0.409. The Morgan fingerprint density at radius 1 is 1.07 bits per heavy atom. The number of carbonyl (C=O) groups excluding carboxylic acids is 1. The molecule has 29 heavy (non-hydrogen) atoms. The van der Waals surface area contributed by atoms with Gasteiger partial charge in [0.2, 0.25) is 5.91 Å². The normalized spacial score (nSPS) is 12.6. The first-order valence-corrected chi connectivity index (χ1v) is 11.1. The predicted octanol–water partition coefficient (Wildman–Crippen LogP) is 4.77. The topological polar surface area (TPSA) is 63.7 Å². The van der Waals surface area contributed by atoms with E-state index in [4.69, 9.17) is 4.18 Å². The van der Waals surface area contributed by atoms with Gasteiger partial charge < -0.3 is 9.08 Å². The van der Waals surface area contributed by atoms with Crippen LogP contribution in [0.5, 0.6) is 5.75 Å². The molecular weight excluding hydrogens is 393 g/mol. The molecule has 0 aromatic heterocycles. The number of carbonyl (C=O) groups is 1. The summed E-state index contributed by atoms with van der Waals surface area (Å²) in [5, 5.41) is 0. The molecule has 0 aliphatic heterocycles. The van der Waals surface area contributed by atoms with E-state index in [0.29, 0.717) is 12.0 Å². The number of hydrogen-bond donors (Lipinski definition) is 0. The molecule has 0 N–H and O–H groups in total.